The van der Waals surface area contributed by atoms with Crippen molar-refractivity contribution in [2.45, 2.75) is 63.3 Å². The molecule has 0 radical (unpaired) electrons. The van der Waals surface area contributed by atoms with Crippen LogP contribution in [0.2, 0.25) is 0 Å². The molecule has 0 spiro atoms. The lowest BCUT2D eigenvalue weighted by Crippen LogP contribution is -2.39. The van der Waals surface area contributed by atoms with Crippen LogP contribution >= 0.6 is 12.4 Å². The van der Waals surface area contributed by atoms with E-state index in [1.807, 2.05) is 24.3 Å². The molecule has 6 heteroatoms. The molecule has 134 valence electrons. The van der Waals surface area contributed by atoms with Crippen molar-refractivity contribution in [1.29, 1.82) is 0 Å². The number of β-amino-alcohol motifs (C(OH)–C–C–N with tert-alkyl or cyclic N) is 1. The normalized spacial score (nSPS) is 24.2. The van der Waals surface area contributed by atoms with E-state index in [0.717, 1.165) is 24.2 Å². The zero-order valence-electron chi connectivity index (χ0n) is 13.9. The van der Waals surface area contributed by atoms with E-state index >= 15 is 0 Å². The standard InChI is InChI=1S/C18H26N2O3.ClH/c21-14-10-17(19-12-14)18(22)20-11-13-6-8-16(9-7-13)23-15-4-2-1-3-5-15;/h6-9,14-15,17,19,21H,1-5,10-12H2,(H,20,22);1H. The first-order valence-electron chi connectivity index (χ1n) is 8.65. The summed E-state index contributed by atoms with van der Waals surface area (Å²) in [5.74, 6) is 0.858. The van der Waals surface area contributed by atoms with Crippen LogP contribution in [0.3, 0.4) is 0 Å². The van der Waals surface area contributed by atoms with Crippen LogP contribution in [0.1, 0.15) is 44.1 Å². The molecule has 3 rings (SSSR count). The quantitative estimate of drug-likeness (QED) is 0.757. The number of carbonyl (C=O) groups excluding carboxylic acids is 1. The monoisotopic (exact) mass is 354 g/mol. The van der Waals surface area contributed by atoms with Gasteiger partial charge in [-0.15, -0.1) is 12.4 Å². The van der Waals surface area contributed by atoms with Crippen LogP contribution in [0.15, 0.2) is 24.3 Å². The maximum Gasteiger partial charge on any atom is 0.237 e. The highest BCUT2D eigenvalue weighted by Gasteiger charge is 2.27. The van der Waals surface area contributed by atoms with Crippen molar-refractivity contribution >= 4 is 18.3 Å². The lowest BCUT2D eigenvalue weighted by Gasteiger charge is -2.23. The second-order valence-corrected chi connectivity index (χ2v) is 6.59. The van der Waals surface area contributed by atoms with Gasteiger partial charge in [0.05, 0.1) is 18.2 Å². The Bertz CT molecular complexity index is 518. The first-order valence-corrected chi connectivity index (χ1v) is 8.65. The smallest absolute Gasteiger partial charge is 0.237 e. The van der Waals surface area contributed by atoms with E-state index in [2.05, 4.69) is 10.6 Å². The summed E-state index contributed by atoms with van der Waals surface area (Å²) in [7, 11) is 0. The molecule has 1 saturated heterocycles. The van der Waals surface area contributed by atoms with Crippen molar-refractivity contribution in [2.24, 2.45) is 0 Å². The summed E-state index contributed by atoms with van der Waals surface area (Å²) in [4.78, 5) is 12.0. The molecule has 0 aromatic heterocycles. The van der Waals surface area contributed by atoms with Crippen LogP contribution in [0.4, 0.5) is 0 Å². The van der Waals surface area contributed by atoms with Gasteiger partial charge in [-0.2, -0.15) is 0 Å². The molecule has 24 heavy (non-hydrogen) atoms. The van der Waals surface area contributed by atoms with E-state index in [1.54, 1.807) is 0 Å². The number of ether oxygens (including phenoxy) is 1. The molecule has 1 saturated carbocycles. The second-order valence-electron chi connectivity index (χ2n) is 6.59. The van der Waals surface area contributed by atoms with E-state index in [9.17, 15) is 9.90 Å². The van der Waals surface area contributed by atoms with Crippen molar-refractivity contribution < 1.29 is 14.6 Å². The topological polar surface area (TPSA) is 70.6 Å². The van der Waals surface area contributed by atoms with Gasteiger partial charge in [-0.05, 0) is 49.8 Å². The predicted octanol–water partition coefficient (Wildman–Crippen LogP) is 2.16. The molecule has 3 N–H and O–H groups in total. The molecule has 2 atom stereocenters. The molecular formula is C18H27ClN2O3. The SMILES string of the molecule is Cl.O=C(NCc1ccc(OC2CCCCC2)cc1)C1CC(O)CN1. The van der Waals surface area contributed by atoms with E-state index in [0.29, 0.717) is 25.6 Å². The number of rotatable bonds is 5. The van der Waals surface area contributed by atoms with Gasteiger partial charge >= 0.3 is 0 Å². The third-order valence-corrected chi connectivity index (χ3v) is 4.67. The molecule has 1 amide bonds. The largest absolute Gasteiger partial charge is 0.490 e. The first-order chi connectivity index (χ1) is 11.2. The molecule has 2 unspecified atom stereocenters. The van der Waals surface area contributed by atoms with Crippen molar-refractivity contribution in [3.8, 4) is 5.75 Å². The molecule has 0 bridgehead atoms. The first kappa shape index (κ1) is 19.0. The fourth-order valence-electron chi connectivity index (χ4n) is 3.29. The average Bonchev–Trinajstić information content (AvgIpc) is 3.01. The number of aliphatic hydroxyl groups excluding tert-OH is 1. The maximum absolute atomic E-state index is 12.0. The van der Waals surface area contributed by atoms with Crippen LogP contribution in [-0.2, 0) is 11.3 Å². The Kier molecular flexibility index (Phi) is 7.34. The van der Waals surface area contributed by atoms with Crippen LogP contribution in [0.5, 0.6) is 5.75 Å². The Morgan fingerprint density at radius 3 is 2.54 bits per heavy atom. The van der Waals surface area contributed by atoms with Crippen LogP contribution in [0, 0.1) is 0 Å². The number of carbonyl (C=O) groups is 1. The molecule has 2 aliphatic rings. The Morgan fingerprint density at radius 2 is 1.92 bits per heavy atom. The molecule has 5 nitrogen and oxygen atoms in total. The van der Waals surface area contributed by atoms with Crippen LogP contribution in [0.25, 0.3) is 0 Å². The van der Waals surface area contributed by atoms with Gasteiger partial charge in [0.1, 0.15) is 5.75 Å². The Hall–Kier alpha value is -1.30. The average molecular weight is 355 g/mol. The summed E-state index contributed by atoms with van der Waals surface area (Å²) in [6, 6.07) is 7.67. The second kappa shape index (κ2) is 9.25. The lowest BCUT2D eigenvalue weighted by molar-refractivity contribution is -0.123. The van der Waals surface area contributed by atoms with Gasteiger partial charge in [-0.25, -0.2) is 0 Å². The van der Waals surface area contributed by atoms with E-state index in [4.69, 9.17) is 4.74 Å². The van der Waals surface area contributed by atoms with Crippen molar-refractivity contribution in [3.63, 3.8) is 0 Å². The summed E-state index contributed by atoms with van der Waals surface area (Å²) in [5.41, 5.74) is 1.05. The van der Waals surface area contributed by atoms with Crippen molar-refractivity contribution in [2.75, 3.05) is 6.54 Å². The number of halogens is 1. The Balaban J connectivity index is 0.00000208. The number of benzene rings is 1. The highest BCUT2D eigenvalue weighted by atomic mass is 35.5. The van der Waals surface area contributed by atoms with Crippen LogP contribution < -0.4 is 15.4 Å². The highest BCUT2D eigenvalue weighted by molar-refractivity contribution is 5.85. The van der Waals surface area contributed by atoms with Gasteiger partial charge < -0.3 is 20.5 Å². The molecule has 1 aliphatic carbocycles. The van der Waals surface area contributed by atoms with E-state index in [-0.39, 0.29) is 24.4 Å². The van der Waals surface area contributed by atoms with Gasteiger partial charge in [0.15, 0.2) is 0 Å². The van der Waals surface area contributed by atoms with Gasteiger partial charge in [-0.1, -0.05) is 18.6 Å². The van der Waals surface area contributed by atoms with Gasteiger partial charge in [0.25, 0.3) is 0 Å². The summed E-state index contributed by atoms with van der Waals surface area (Å²) >= 11 is 0. The fourth-order valence-corrected chi connectivity index (χ4v) is 3.29. The zero-order chi connectivity index (χ0) is 16.1. The fraction of sp³-hybridized carbons (Fsp3) is 0.611. The molecular weight excluding hydrogens is 328 g/mol. The van der Waals surface area contributed by atoms with Gasteiger partial charge in [0, 0.05) is 13.1 Å². The third kappa shape index (κ3) is 5.36. The van der Waals surface area contributed by atoms with Crippen molar-refractivity contribution in [3.05, 3.63) is 29.8 Å². The maximum atomic E-state index is 12.0. The zero-order valence-corrected chi connectivity index (χ0v) is 14.7. The number of hydrogen-bond acceptors (Lipinski definition) is 4. The number of aliphatic hydroxyl groups is 1. The highest BCUT2D eigenvalue weighted by Crippen LogP contribution is 2.23. The number of hydrogen-bond donors (Lipinski definition) is 3. The minimum Gasteiger partial charge on any atom is -0.490 e. The van der Waals surface area contributed by atoms with Gasteiger partial charge in [0.2, 0.25) is 5.91 Å². The third-order valence-electron chi connectivity index (χ3n) is 4.67. The molecule has 1 aliphatic heterocycles. The number of nitrogens with one attached hydrogen (secondary N) is 2. The summed E-state index contributed by atoms with van der Waals surface area (Å²) < 4.78 is 6.00. The van der Waals surface area contributed by atoms with Gasteiger partial charge in [-0.3, -0.25) is 4.79 Å². The predicted molar refractivity (Wildman–Crippen MR) is 95.5 cm³/mol. The van der Waals surface area contributed by atoms with E-state index < -0.39 is 6.10 Å². The minimum atomic E-state index is -0.415. The molecule has 1 aromatic carbocycles. The molecule has 1 aromatic rings. The summed E-state index contributed by atoms with van der Waals surface area (Å²) in [5, 5.41) is 15.4. The number of amides is 1. The Labute approximate surface area is 149 Å². The molecule has 2 fully saturated rings. The summed E-state index contributed by atoms with van der Waals surface area (Å²) in [6.07, 6.45) is 6.58. The summed E-state index contributed by atoms with van der Waals surface area (Å²) in [6.45, 7) is 0.988. The van der Waals surface area contributed by atoms with E-state index in [1.165, 1.54) is 19.3 Å². The molecule has 1 heterocycles. The Morgan fingerprint density at radius 1 is 1.21 bits per heavy atom. The minimum absolute atomic E-state index is 0. The van der Waals surface area contributed by atoms with Crippen molar-refractivity contribution in [1.82, 2.24) is 10.6 Å². The lowest BCUT2D eigenvalue weighted by atomic mass is 9.98. The van der Waals surface area contributed by atoms with Crippen LogP contribution in [-0.4, -0.2) is 35.8 Å².